The Labute approximate surface area is 203 Å². The number of carbonyl (C=O) groups excluding carboxylic acids is 2. The second kappa shape index (κ2) is 11.3. The van der Waals surface area contributed by atoms with Crippen molar-refractivity contribution in [2.45, 2.75) is 20.8 Å². The summed E-state index contributed by atoms with van der Waals surface area (Å²) in [5.74, 6) is 0.256. The van der Waals surface area contributed by atoms with Gasteiger partial charge in [-0.3, -0.25) is 4.79 Å². The van der Waals surface area contributed by atoms with Crippen LogP contribution in [0.1, 0.15) is 32.6 Å². The molecule has 0 unspecified atom stereocenters. The quantitative estimate of drug-likeness (QED) is 0.212. The van der Waals surface area contributed by atoms with Crippen LogP contribution in [0.3, 0.4) is 0 Å². The smallest absolute Gasteiger partial charge is 0.345 e. The summed E-state index contributed by atoms with van der Waals surface area (Å²) in [4.78, 5) is 24.5. The molecule has 0 aromatic heterocycles. The Bertz CT molecular complexity index is 1240. The van der Waals surface area contributed by atoms with Crippen LogP contribution in [-0.4, -0.2) is 31.8 Å². The van der Waals surface area contributed by atoms with Gasteiger partial charge in [-0.2, -0.15) is 5.10 Å². The normalized spacial score (nSPS) is 10.7. The fourth-order valence-electron chi connectivity index (χ4n) is 3.13. The van der Waals surface area contributed by atoms with Crippen molar-refractivity contribution in [3.05, 3.63) is 87.4 Å². The average molecular weight is 481 g/mol. The highest BCUT2D eigenvalue weighted by atomic mass is 35.5. The van der Waals surface area contributed by atoms with Crippen molar-refractivity contribution in [3.8, 4) is 17.2 Å². The van der Waals surface area contributed by atoms with E-state index in [1.165, 1.54) is 13.3 Å². The van der Waals surface area contributed by atoms with Crippen LogP contribution < -0.4 is 19.6 Å². The van der Waals surface area contributed by atoms with Crippen LogP contribution >= 0.6 is 11.6 Å². The predicted molar refractivity (Wildman–Crippen MR) is 131 cm³/mol. The Morgan fingerprint density at radius 2 is 1.74 bits per heavy atom. The minimum atomic E-state index is -0.600. The van der Waals surface area contributed by atoms with E-state index in [0.29, 0.717) is 22.1 Å². The number of aryl methyl sites for hydroxylation is 2. The second-order valence-corrected chi connectivity index (χ2v) is 7.92. The summed E-state index contributed by atoms with van der Waals surface area (Å²) in [6.07, 6.45) is 1.45. The average Bonchev–Trinajstić information content (AvgIpc) is 2.82. The van der Waals surface area contributed by atoms with Gasteiger partial charge in [0.25, 0.3) is 5.91 Å². The van der Waals surface area contributed by atoms with Gasteiger partial charge in [0.2, 0.25) is 0 Å². The number of hydrogen-bond acceptors (Lipinski definition) is 6. The molecule has 34 heavy (non-hydrogen) atoms. The lowest BCUT2D eigenvalue weighted by Gasteiger charge is -2.13. The number of nitrogens with one attached hydrogen (secondary N) is 1. The zero-order valence-corrected chi connectivity index (χ0v) is 20.1. The zero-order chi connectivity index (χ0) is 24.7. The maximum Gasteiger partial charge on any atom is 0.345 e. The Morgan fingerprint density at radius 1 is 1.00 bits per heavy atom. The highest BCUT2D eigenvalue weighted by Gasteiger charge is 2.15. The molecule has 0 heterocycles. The number of esters is 1. The van der Waals surface area contributed by atoms with Gasteiger partial charge in [-0.15, -0.1) is 0 Å². The molecule has 8 heteroatoms. The molecule has 0 aliphatic rings. The number of carbonyl (C=O) groups is 2. The summed E-state index contributed by atoms with van der Waals surface area (Å²) in [6, 6.07) is 15.4. The summed E-state index contributed by atoms with van der Waals surface area (Å²) in [7, 11) is 1.46. The summed E-state index contributed by atoms with van der Waals surface area (Å²) < 4.78 is 16.4. The lowest BCUT2D eigenvalue weighted by molar-refractivity contribution is -0.123. The van der Waals surface area contributed by atoms with E-state index in [1.807, 2.05) is 32.9 Å². The van der Waals surface area contributed by atoms with Crippen molar-refractivity contribution in [2.75, 3.05) is 13.7 Å². The van der Waals surface area contributed by atoms with Crippen LogP contribution in [0.15, 0.2) is 59.7 Å². The van der Waals surface area contributed by atoms with Crippen molar-refractivity contribution in [1.29, 1.82) is 0 Å². The first-order chi connectivity index (χ1) is 16.3. The van der Waals surface area contributed by atoms with Crippen LogP contribution in [-0.2, 0) is 4.79 Å². The molecular formula is C26H25ClN2O5. The monoisotopic (exact) mass is 480 g/mol. The summed E-state index contributed by atoms with van der Waals surface area (Å²) in [5.41, 5.74) is 6.36. The van der Waals surface area contributed by atoms with Gasteiger partial charge in [-0.25, -0.2) is 10.2 Å². The van der Waals surface area contributed by atoms with Crippen molar-refractivity contribution < 1.29 is 23.8 Å². The maximum absolute atomic E-state index is 12.4. The predicted octanol–water partition coefficient (Wildman–Crippen LogP) is 5.02. The molecule has 0 bridgehead atoms. The zero-order valence-electron chi connectivity index (χ0n) is 19.3. The minimum absolute atomic E-state index is 0.164. The molecule has 1 N–H and O–H groups in total. The number of methoxy groups -OCH3 is 1. The van der Waals surface area contributed by atoms with E-state index in [4.69, 9.17) is 25.8 Å². The minimum Gasteiger partial charge on any atom is -0.493 e. The molecule has 0 aliphatic heterocycles. The van der Waals surface area contributed by atoms with Gasteiger partial charge in [0.15, 0.2) is 18.1 Å². The number of amides is 1. The lowest BCUT2D eigenvalue weighted by atomic mass is 10.1. The summed E-state index contributed by atoms with van der Waals surface area (Å²) in [6.45, 7) is 5.71. The number of ether oxygens (including phenoxy) is 3. The van der Waals surface area contributed by atoms with Crippen LogP contribution in [0, 0.1) is 20.8 Å². The van der Waals surface area contributed by atoms with Crippen molar-refractivity contribution >= 4 is 29.7 Å². The van der Waals surface area contributed by atoms with E-state index >= 15 is 0 Å². The SMILES string of the molecule is COc1cc(C=NNC(=O)COc2c(C)ccc(C)c2C)ccc1OC(=O)c1ccccc1Cl. The molecule has 3 aromatic carbocycles. The molecule has 3 aromatic rings. The molecule has 0 aliphatic carbocycles. The molecule has 0 radical (unpaired) electrons. The third-order valence-corrected chi connectivity index (χ3v) is 5.44. The van der Waals surface area contributed by atoms with E-state index in [0.717, 1.165) is 16.7 Å². The lowest BCUT2D eigenvalue weighted by Crippen LogP contribution is -2.25. The number of nitrogens with zero attached hydrogens (tertiary/aromatic N) is 1. The topological polar surface area (TPSA) is 86.2 Å². The summed E-state index contributed by atoms with van der Waals surface area (Å²) >= 11 is 6.05. The standard InChI is InChI=1S/C26H25ClN2O5/c1-16-9-10-17(2)25(18(16)3)33-15-24(30)29-28-14-19-11-12-22(23(13-19)32-4)34-26(31)20-7-5-6-8-21(20)27/h5-14H,15H2,1-4H3,(H,29,30). The van der Waals surface area contributed by atoms with Gasteiger partial charge < -0.3 is 14.2 Å². The van der Waals surface area contributed by atoms with Crippen molar-refractivity contribution in [3.63, 3.8) is 0 Å². The molecule has 0 spiro atoms. The van der Waals surface area contributed by atoms with Gasteiger partial charge in [0.1, 0.15) is 5.75 Å². The van der Waals surface area contributed by atoms with Gasteiger partial charge in [0, 0.05) is 0 Å². The Hall–Kier alpha value is -3.84. The molecule has 0 saturated heterocycles. The van der Waals surface area contributed by atoms with E-state index < -0.39 is 11.9 Å². The second-order valence-electron chi connectivity index (χ2n) is 7.51. The molecule has 0 atom stereocenters. The fraction of sp³-hybridized carbons (Fsp3) is 0.192. The van der Waals surface area contributed by atoms with Gasteiger partial charge in [0.05, 0.1) is 23.9 Å². The largest absolute Gasteiger partial charge is 0.493 e. The van der Waals surface area contributed by atoms with Crippen molar-refractivity contribution in [2.24, 2.45) is 5.10 Å². The Balaban J connectivity index is 1.60. The molecule has 0 saturated carbocycles. The van der Waals surface area contributed by atoms with Crippen LogP contribution in [0.4, 0.5) is 0 Å². The van der Waals surface area contributed by atoms with E-state index in [-0.39, 0.29) is 17.9 Å². The molecule has 3 rings (SSSR count). The number of hydrogen-bond donors (Lipinski definition) is 1. The van der Waals surface area contributed by atoms with Crippen LogP contribution in [0.25, 0.3) is 0 Å². The molecule has 1 amide bonds. The first kappa shape index (κ1) is 24.8. The third kappa shape index (κ3) is 6.14. The van der Waals surface area contributed by atoms with E-state index in [9.17, 15) is 9.59 Å². The highest BCUT2D eigenvalue weighted by Crippen LogP contribution is 2.29. The van der Waals surface area contributed by atoms with E-state index in [2.05, 4.69) is 10.5 Å². The van der Waals surface area contributed by atoms with Gasteiger partial charge in [-0.05, 0) is 73.4 Å². The highest BCUT2D eigenvalue weighted by molar-refractivity contribution is 6.33. The number of rotatable bonds is 8. The first-order valence-corrected chi connectivity index (χ1v) is 10.8. The molecule has 0 fully saturated rings. The summed E-state index contributed by atoms with van der Waals surface area (Å²) in [5, 5.41) is 4.25. The van der Waals surface area contributed by atoms with Crippen molar-refractivity contribution in [1.82, 2.24) is 5.43 Å². The third-order valence-electron chi connectivity index (χ3n) is 5.11. The Kier molecular flexibility index (Phi) is 8.27. The van der Waals surface area contributed by atoms with Gasteiger partial charge >= 0.3 is 5.97 Å². The Morgan fingerprint density at radius 3 is 2.47 bits per heavy atom. The van der Waals surface area contributed by atoms with Crippen LogP contribution in [0.5, 0.6) is 17.2 Å². The molecule has 176 valence electrons. The van der Waals surface area contributed by atoms with E-state index in [1.54, 1.807) is 42.5 Å². The first-order valence-electron chi connectivity index (χ1n) is 10.5. The molecular weight excluding hydrogens is 456 g/mol. The number of halogens is 1. The fourth-order valence-corrected chi connectivity index (χ4v) is 3.34. The number of hydrazone groups is 1. The number of benzene rings is 3. The molecule has 7 nitrogen and oxygen atoms in total. The van der Waals surface area contributed by atoms with Gasteiger partial charge in [-0.1, -0.05) is 35.9 Å². The van der Waals surface area contributed by atoms with Crippen LogP contribution in [0.2, 0.25) is 5.02 Å². The maximum atomic E-state index is 12.4.